The lowest BCUT2D eigenvalue weighted by molar-refractivity contribution is -0.133. The molecular weight excluding hydrogens is 533 g/mol. The molecule has 4 nitrogen and oxygen atoms in total. The Balaban J connectivity index is 0.00000456. The van der Waals surface area contributed by atoms with E-state index in [1.165, 1.54) is 48.9 Å². The monoisotopic (exact) mass is 577 g/mol. The first-order chi connectivity index (χ1) is 16.9. The first-order valence-electron chi connectivity index (χ1n) is 13.5. The van der Waals surface area contributed by atoms with Crippen molar-refractivity contribution in [2.24, 2.45) is 0 Å². The normalized spacial score (nSPS) is 17.1. The smallest absolute Gasteiger partial charge is 0.407 e. The molecule has 1 aliphatic heterocycles. The highest BCUT2D eigenvalue weighted by molar-refractivity contribution is 7.88. The standard InChI is InChI=1S/C30H44NO3P.BrH/c1-30(2)28(22-17-24-33-30)34-29(32)31-23-15-7-5-4-6-8-16-25-35(3,26-18-11-9-12-19-26)27-20-13-10-14-21-27;/h9-14,18-21,28H,4-8,15-17,22-25H2,1-3H3;1H. The SMILES string of the molecule is CC1(C)OCCCC1OC(=O)NCCCCCCCCC[P+](C)(c1ccccc1)c1ccccc1.[Br-]. The van der Waals surface area contributed by atoms with Gasteiger partial charge < -0.3 is 31.8 Å². The fourth-order valence-corrected chi connectivity index (χ4v) is 8.30. The molecule has 1 heterocycles. The third kappa shape index (κ3) is 9.47. The Labute approximate surface area is 230 Å². The van der Waals surface area contributed by atoms with Crippen LogP contribution < -0.4 is 32.9 Å². The lowest BCUT2D eigenvalue weighted by Crippen LogP contribution is -3.00. The molecule has 0 spiro atoms. The van der Waals surface area contributed by atoms with Gasteiger partial charge in [0.15, 0.2) is 0 Å². The number of rotatable bonds is 13. The predicted molar refractivity (Wildman–Crippen MR) is 150 cm³/mol. The van der Waals surface area contributed by atoms with Gasteiger partial charge in [-0.15, -0.1) is 0 Å². The summed E-state index contributed by atoms with van der Waals surface area (Å²) >= 11 is 0. The summed E-state index contributed by atoms with van der Waals surface area (Å²) in [4.78, 5) is 12.1. The van der Waals surface area contributed by atoms with Crippen LogP contribution in [0.2, 0.25) is 0 Å². The number of carbonyl (C=O) groups excluding carboxylic acids is 1. The number of ether oxygens (including phenoxy) is 2. The summed E-state index contributed by atoms with van der Waals surface area (Å²) in [5.74, 6) is 0. The molecule has 0 aliphatic carbocycles. The zero-order valence-electron chi connectivity index (χ0n) is 22.4. The molecule has 0 radical (unpaired) electrons. The van der Waals surface area contributed by atoms with Crippen molar-refractivity contribution in [2.75, 3.05) is 26.0 Å². The van der Waals surface area contributed by atoms with E-state index >= 15 is 0 Å². The van der Waals surface area contributed by atoms with E-state index in [2.05, 4.69) is 72.6 Å². The number of alkyl carbamates (subject to hydrolysis) is 1. The van der Waals surface area contributed by atoms with E-state index in [1.54, 1.807) is 0 Å². The lowest BCUT2D eigenvalue weighted by Gasteiger charge is -2.37. The summed E-state index contributed by atoms with van der Waals surface area (Å²) in [5, 5.41) is 5.94. The second-order valence-electron chi connectivity index (χ2n) is 10.5. The van der Waals surface area contributed by atoms with Crippen LogP contribution in [0.1, 0.15) is 71.6 Å². The van der Waals surface area contributed by atoms with Gasteiger partial charge in [0.25, 0.3) is 0 Å². The lowest BCUT2D eigenvalue weighted by atomic mass is 9.94. The van der Waals surface area contributed by atoms with E-state index < -0.39 is 12.9 Å². The molecule has 0 bridgehead atoms. The predicted octanol–water partition coefficient (Wildman–Crippen LogP) is 3.70. The molecule has 2 aromatic carbocycles. The topological polar surface area (TPSA) is 47.6 Å². The molecule has 1 saturated heterocycles. The number of carbonyl (C=O) groups is 1. The van der Waals surface area contributed by atoms with Gasteiger partial charge in [-0.1, -0.05) is 62.1 Å². The highest BCUT2D eigenvalue weighted by Gasteiger charge is 2.37. The summed E-state index contributed by atoms with van der Waals surface area (Å²) in [5.41, 5.74) is -0.392. The molecule has 2 aromatic rings. The Morgan fingerprint density at radius 3 is 2.00 bits per heavy atom. The van der Waals surface area contributed by atoms with Crippen LogP contribution in [0.25, 0.3) is 0 Å². The molecule has 1 aliphatic rings. The van der Waals surface area contributed by atoms with E-state index in [0.717, 1.165) is 32.3 Å². The van der Waals surface area contributed by atoms with Crippen LogP contribution in [0.5, 0.6) is 0 Å². The molecular formula is C30H45BrNO3P. The Bertz CT molecular complexity index is 839. The van der Waals surface area contributed by atoms with E-state index in [4.69, 9.17) is 9.47 Å². The third-order valence-electron chi connectivity index (χ3n) is 7.31. The largest absolute Gasteiger partial charge is 1.00 e. The number of unbranched alkanes of at least 4 members (excludes halogenated alkanes) is 6. The van der Waals surface area contributed by atoms with Gasteiger partial charge in [-0.05, 0) is 70.2 Å². The average Bonchev–Trinajstić information content (AvgIpc) is 2.87. The molecule has 0 saturated carbocycles. The number of nitrogens with one attached hydrogen (secondary N) is 1. The Morgan fingerprint density at radius 1 is 0.917 bits per heavy atom. The highest BCUT2D eigenvalue weighted by atomic mass is 79.9. The van der Waals surface area contributed by atoms with Crippen LogP contribution >= 0.6 is 7.26 Å². The van der Waals surface area contributed by atoms with Crippen molar-refractivity contribution >= 4 is 24.0 Å². The van der Waals surface area contributed by atoms with E-state index in [0.29, 0.717) is 6.54 Å². The van der Waals surface area contributed by atoms with E-state index in [-0.39, 0.29) is 29.2 Å². The van der Waals surface area contributed by atoms with Crippen molar-refractivity contribution in [2.45, 2.75) is 83.3 Å². The molecule has 0 aromatic heterocycles. The zero-order valence-corrected chi connectivity index (χ0v) is 24.9. The Hall–Kier alpha value is -1.42. The molecule has 1 N–H and O–H groups in total. The summed E-state index contributed by atoms with van der Waals surface area (Å²) in [6.07, 6.45) is 11.1. The van der Waals surface area contributed by atoms with Gasteiger partial charge in [-0.25, -0.2) is 4.79 Å². The van der Waals surface area contributed by atoms with Crippen molar-refractivity contribution in [1.82, 2.24) is 5.32 Å². The second kappa shape index (κ2) is 15.7. The van der Waals surface area contributed by atoms with Gasteiger partial charge in [0.2, 0.25) is 0 Å². The van der Waals surface area contributed by atoms with Gasteiger partial charge in [0, 0.05) is 13.2 Å². The van der Waals surface area contributed by atoms with Gasteiger partial charge in [-0.2, -0.15) is 0 Å². The van der Waals surface area contributed by atoms with Crippen LogP contribution in [0.3, 0.4) is 0 Å². The van der Waals surface area contributed by atoms with Crippen molar-refractivity contribution in [1.29, 1.82) is 0 Å². The van der Waals surface area contributed by atoms with Crippen molar-refractivity contribution < 1.29 is 31.2 Å². The number of benzene rings is 2. The second-order valence-corrected chi connectivity index (χ2v) is 14.3. The number of amides is 1. The van der Waals surface area contributed by atoms with E-state index in [1.807, 2.05) is 13.8 Å². The molecule has 1 unspecified atom stereocenters. The minimum Gasteiger partial charge on any atom is -1.00 e. The molecule has 36 heavy (non-hydrogen) atoms. The van der Waals surface area contributed by atoms with Crippen LogP contribution in [0, 0.1) is 0 Å². The van der Waals surface area contributed by atoms with Crippen LogP contribution in [-0.2, 0) is 9.47 Å². The quantitative estimate of drug-likeness (QED) is 0.292. The number of hydrogen-bond donors (Lipinski definition) is 1. The molecule has 200 valence electrons. The maximum Gasteiger partial charge on any atom is 0.407 e. The summed E-state index contributed by atoms with van der Waals surface area (Å²) in [6.45, 7) is 7.92. The van der Waals surface area contributed by atoms with Crippen molar-refractivity contribution in [3.8, 4) is 0 Å². The maximum atomic E-state index is 12.1. The van der Waals surface area contributed by atoms with Gasteiger partial charge >= 0.3 is 6.09 Å². The van der Waals surface area contributed by atoms with Gasteiger partial charge in [0.1, 0.15) is 6.10 Å². The van der Waals surface area contributed by atoms with Gasteiger partial charge in [-0.3, -0.25) is 0 Å². The van der Waals surface area contributed by atoms with E-state index in [9.17, 15) is 4.79 Å². The number of hydrogen-bond acceptors (Lipinski definition) is 3. The first-order valence-corrected chi connectivity index (χ1v) is 15.9. The molecule has 1 amide bonds. The van der Waals surface area contributed by atoms with Crippen LogP contribution in [0.15, 0.2) is 60.7 Å². The minimum absolute atomic E-state index is 0. The van der Waals surface area contributed by atoms with Crippen LogP contribution in [0.4, 0.5) is 4.79 Å². The van der Waals surface area contributed by atoms with Crippen molar-refractivity contribution in [3.63, 3.8) is 0 Å². The molecule has 6 heteroatoms. The van der Waals surface area contributed by atoms with Crippen LogP contribution in [-0.4, -0.2) is 43.8 Å². The fraction of sp³-hybridized carbons (Fsp3) is 0.567. The average molecular weight is 579 g/mol. The number of halogens is 1. The fourth-order valence-electron chi connectivity index (χ4n) is 4.96. The van der Waals surface area contributed by atoms with Gasteiger partial charge in [0.05, 0.1) is 36.3 Å². The van der Waals surface area contributed by atoms with Crippen molar-refractivity contribution in [3.05, 3.63) is 60.7 Å². The Morgan fingerprint density at radius 2 is 1.44 bits per heavy atom. The molecule has 3 rings (SSSR count). The first kappa shape index (κ1) is 30.8. The summed E-state index contributed by atoms with van der Waals surface area (Å²) in [7, 11) is -1.34. The molecule has 1 atom stereocenters. The maximum absolute atomic E-state index is 12.1. The minimum atomic E-state index is -1.34. The zero-order chi connectivity index (χ0) is 25.0. The summed E-state index contributed by atoms with van der Waals surface area (Å²) in [6, 6.07) is 22.2. The highest BCUT2D eigenvalue weighted by Crippen LogP contribution is 2.53. The summed E-state index contributed by atoms with van der Waals surface area (Å²) < 4.78 is 11.3. The Kier molecular flexibility index (Phi) is 13.5. The third-order valence-corrected chi connectivity index (χ3v) is 11.4. The molecule has 1 fully saturated rings.